The summed E-state index contributed by atoms with van der Waals surface area (Å²) in [6, 6.07) is 9.65. The second-order valence-corrected chi connectivity index (χ2v) is 6.14. The van der Waals surface area contributed by atoms with E-state index in [-0.39, 0.29) is 4.47 Å². The summed E-state index contributed by atoms with van der Waals surface area (Å²) in [7, 11) is 0. The normalized spacial score (nSPS) is 11.4. The number of nitrogens with one attached hydrogen (secondary N) is 1. The summed E-state index contributed by atoms with van der Waals surface area (Å²) in [6.45, 7) is 3.31. The number of carbonyl (C=O) groups is 1. The van der Waals surface area contributed by atoms with E-state index in [4.69, 9.17) is 0 Å². The molecule has 0 aliphatic rings. The third-order valence-corrected chi connectivity index (χ3v) is 4.04. The van der Waals surface area contributed by atoms with Crippen LogP contribution in [0.5, 0.6) is 0 Å². The zero-order chi connectivity index (χ0) is 16.5. The van der Waals surface area contributed by atoms with Gasteiger partial charge in [0.1, 0.15) is 0 Å². The van der Waals surface area contributed by atoms with E-state index in [0.717, 1.165) is 6.07 Å². The van der Waals surface area contributed by atoms with Crippen molar-refractivity contribution >= 4 is 27.5 Å². The summed E-state index contributed by atoms with van der Waals surface area (Å²) in [5, 5.41) is 2.32. The van der Waals surface area contributed by atoms with Crippen molar-refractivity contribution < 1.29 is 18.0 Å². The van der Waals surface area contributed by atoms with Crippen molar-refractivity contribution in [2.75, 3.05) is 5.32 Å². The summed E-state index contributed by atoms with van der Waals surface area (Å²) >= 11 is 2.92. The van der Waals surface area contributed by atoms with Gasteiger partial charge >= 0.3 is 0 Å². The minimum atomic E-state index is -1.63. The van der Waals surface area contributed by atoms with Gasteiger partial charge in [0.15, 0.2) is 17.5 Å². The van der Waals surface area contributed by atoms with Crippen molar-refractivity contribution in [2.24, 2.45) is 0 Å². The molecular weight excluding hydrogens is 359 g/mol. The fourth-order valence-electron chi connectivity index (χ4n) is 1.94. The topological polar surface area (TPSA) is 29.1 Å². The molecule has 2 rings (SSSR count). The van der Waals surface area contributed by atoms with Crippen LogP contribution in [0.1, 0.15) is 19.4 Å². The van der Waals surface area contributed by atoms with Gasteiger partial charge < -0.3 is 5.32 Å². The molecular formula is C16H13BrF3NO. The highest BCUT2D eigenvalue weighted by Crippen LogP contribution is 2.32. The van der Waals surface area contributed by atoms with Gasteiger partial charge in [-0.1, -0.05) is 30.3 Å². The van der Waals surface area contributed by atoms with Crippen molar-refractivity contribution in [1.29, 1.82) is 0 Å². The monoisotopic (exact) mass is 371 g/mol. The van der Waals surface area contributed by atoms with E-state index in [0.29, 0.717) is 5.56 Å². The van der Waals surface area contributed by atoms with Gasteiger partial charge in [-0.25, -0.2) is 13.2 Å². The molecule has 0 unspecified atom stereocenters. The van der Waals surface area contributed by atoms with Gasteiger partial charge in [-0.05, 0) is 41.4 Å². The molecule has 0 aliphatic heterocycles. The number of hydrogen-bond acceptors (Lipinski definition) is 1. The van der Waals surface area contributed by atoms with Gasteiger partial charge in [0.25, 0.3) is 0 Å². The molecule has 2 aromatic rings. The molecule has 0 heterocycles. The first-order valence-electron chi connectivity index (χ1n) is 6.45. The van der Waals surface area contributed by atoms with E-state index in [1.165, 1.54) is 0 Å². The number of carbonyl (C=O) groups excluding carboxylic acids is 1. The van der Waals surface area contributed by atoms with E-state index < -0.39 is 34.5 Å². The van der Waals surface area contributed by atoms with Crippen LogP contribution in [0, 0.1) is 17.5 Å². The van der Waals surface area contributed by atoms with Gasteiger partial charge in [-0.3, -0.25) is 4.79 Å². The highest BCUT2D eigenvalue weighted by Gasteiger charge is 2.31. The minimum absolute atomic E-state index is 0.0684. The lowest BCUT2D eigenvalue weighted by atomic mass is 9.83. The average molecular weight is 372 g/mol. The van der Waals surface area contributed by atoms with Crippen LogP contribution in [-0.2, 0) is 10.2 Å². The molecule has 0 aliphatic carbocycles. The van der Waals surface area contributed by atoms with Crippen molar-refractivity contribution in [3.05, 3.63) is 63.9 Å². The number of amides is 1. The van der Waals surface area contributed by atoms with Crippen LogP contribution >= 0.6 is 15.9 Å². The molecule has 116 valence electrons. The molecule has 0 spiro atoms. The highest BCUT2D eigenvalue weighted by atomic mass is 79.9. The number of benzene rings is 2. The maximum absolute atomic E-state index is 13.8. The van der Waals surface area contributed by atoms with Crippen molar-refractivity contribution in [3.8, 4) is 0 Å². The van der Waals surface area contributed by atoms with Crippen LogP contribution in [0.4, 0.5) is 18.9 Å². The van der Waals surface area contributed by atoms with Crippen LogP contribution in [-0.4, -0.2) is 5.91 Å². The van der Waals surface area contributed by atoms with Crippen LogP contribution in [0.25, 0.3) is 0 Å². The Morgan fingerprint density at radius 3 is 2.27 bits per heavy atom. The van der Waals surface area contributed by atoms with E-state index in [9.17, 15) is 18.0 Å². The molecule has 22 heavy (non-hydrogen) atoms. The zero-order valence-electron chi connectivity index (χ0n) is 11.9. The van der Waals surface area contributed by atoms with Crippen molar-refractivity contribution in [3.63, 3.8) is 0 Å². The third-order valence-electron chi connectivity index (χ3n) is 3.42. The molecule has 0 aromatic heterocycles. The molecule has 2 nitrogen and oxygen atoms in total. The Hall–Kier alpha value is -1.82. The second-order valence-electron chi connectivity index (χ2n) is 5.29. The Morgan fingerprint density at radius 1 is 1.09 bits per heavy atom. The molecule has 0 radical (unpaired) electrons. The zero-order valence-corrected chi connectivity index (χ0v) is 13.5. The van der Waals surface area contributed by atoms with E-state index in [2.05, 4.69) is 21.2 Å². The Kier molecular flexibility index (Phi) is 4.60. The SMILES string of the molecule is CC(C)(C(=O)Nc1c(Br)cc(F)c(F)c1F)c1ccccc1. The van der Waals surface area contributed by atoms with Crippen LogP contribution in [0.2, 0.25) is 0 Å². The molecule has 1 N–H and O–H groups in total. The number of anilines is 1. The first kappa shape index (κ1) is 16.5. The number of rotatable bonds is 3. The predicted molar refractivity (Wildman–Crippen MR) is 82.1 cm³/mol. The van der Waals surface area contributed by atoms with Crippen LogP contribution in [0.3, 0.4) is 0 Å². The summed E-state index contributed by atoms with van der Waals surface area (Å²) in [5.74, 6) is -4.94. The Balaban J connectivity index is 2.36. The van der Waals surface area contributed by atoms with Gasteiger partial charge in [0, 0.05) is 4.47 Å². The third kappa shape index (κ3) is 3.02. The van der Waals surface area contributed by atoms with Crippen molar-refractivity contribution in [2.45, 2.75) is 19.3 Å². The lowest BCUT2D eigenvalue weighted by Crippen LogP contribution is -2.35. The molecule has 2 aromatic carbocycles. The summed E-state index contributed by atoms with van der Waals surface area (Å²) in [6.07, 6.45) is 0. The molecule has 0 bridgehead atoms. The van der Waals surface area contributed by atoms with Crippen molar-refractivity contribution in [1.82, 2.24) is 0 Å². The van der Waals surface area contributed by atoms with E-state index in [1.807, 2.05) is 6.07 Å². The summed E-state index contributed by atoms with van der Waals surface area (Å²) in [5.41, 5.74) is -0.683. The lowest BCUT2D eigenvalue weighted by Gasteiger charge is -2.24. The Morgan fingerprint density at radius 2 is 1.68 bits per heavy atom. The van der Waals surface area contributed by atoms with Crippen LogP contribution < -0.4 is 5.32 Å². The predicted octanol–water partition coefficient (Wildman–Crippen LogP) is 4.78. The quantitative estimate of drug-likeness (QED) is 0.610. The molecule has 1 amide bonds. The van der Waals surface area contributed by atoms with Gasteiger partial charge in [-0.15, -0.1) is 0 Å². The highest BCUT2D eigenvalue weighted by molar-refractivity contribution is 9.10. The summed E-state index contributed by atoms with van der Waals surface area (Å²) in [4.78, 5) is 12.4. The number of halogens is 4. The van der Waals surface area contributed by atoms with Gasteiger partial charge in [0.2, 0.25) is 5.91 Å². The molecule has 0 saturated carbocycles. The molecule has 0 saturated heterocycles. The second kappa shape index (κ2) is 6.12. The smallest absolute Gasteiger partial charge is 0.234 e. The maximum atomic E-state index is 13.8. The first-order valence-corrected chi connectivity index (χ1v) is 7.24. The molecule has 0 atom stereocenters. The fourth-order valence-corrected chi connectivity index (χ4v) is 2.41. The number of hydrogen-bond donors (Lipinski definition) is 1. The van der Waals surface area contributed by atoms with Crippen LogP contribution in [0.15, 0.2) is 40.9 Å². The minimum Gasteiger partial charge on any atom is -0.322 e. The van der Waals surface area contributed by atoms with Gasteiger partial charge in [0.05, 0.1) is 11.1 Å². The summed E-state index contributed by atoms with van der Waals surface area (Å²) < 4.78 is 40.2. The Labute approximate surface area is 134 Å². The standard InChI is InChI=1S/C16H13BrF3NO/c1-16(2,9-6-4-3-5-7-9)15(22)21-14-10(17)8-11(18)12(19)13(14)20/h3-8H,1-2H3,(H,21,22). The largest absolute Gasteiger partial charge is 0.322 e. The Bertz CT molecular complexity index is 717. The lowest BCUT2D eigenvalue weighted by molar-refractivity contribution is -0.120. The molecule has 0 fully saturated rings. The van der Waals surface area contributed by atoms with Gasteiger partial charge in [-0.2, -0.15) is 0 Å². The average Bonchev–Trinajstić information content (AvgIpc) is 2.50. The maximum Gasteiger partial charge on any atom is 0.234 e. The fraction of sp³-hybridized carbons (Fsp3) is 0.188. The van der Waals surface area contributed by atoms with E-state index >= 15 is 0 Å². The van der Waals surface area contributed by atoms with E-state index in [1.54, 1.807) is 38.1 Å². The first-order chi connectivity index (χ1) is 10.2. The molecule has 6 heteroatoms.